The van der Waals surface area contributed by atoms with Crippen LogP contribution in [0.15, 0.2) is 0 Å². The highest BCUT2D eigenvalue weighted by Crippen LogP contribution is 2.20. The summed E-state index contributed by atoms with van der Waals surface area (Å²) in [6, 6.07) is 0. The molecule has 0 radical (unpaired) electrons. The minimum absolute atomic E-state index is 0.00273. The van der Waals surface area contributed by atoms with Crippen LogP contribution in [0.2, 0.25) is 0 Å². The Kier molecular flexibility index (Phi) is 16.8. The van der Waals surface area contributed by atoms with Crippen molar-refractivity contribution in [2.24, 2.45) is 0 Å². The molecule has 2 fully saturated rings. The SMILES string of the molecule is CCCCCCCCC1CCCC(=O)O1.CCCCCCCCCC1CCC(=O)O1. The third-order valence-corrected chi connectivity index (χ3v) is 6.18. The molecule has 0 aromatic carbocycles. The Bertz CT molecular complexity index is 435. The molecular weight excluding hydrogens is 376 g/mol. The quantitative estimate of drug-likeness (QED) is 0.200. The van der Waals surface area contributed by atoms with E-state index in [2.05, 4.69) is 13.8 Å². The molecule has 2 aliphatic heterocycles. The second-order valence-corrected chi connectivity index (χ2v) is 9.12. The number of esters is 2. The van der Waals surface area contributed by atoms with Crippen molar-refractivity contribution in [3.63, 3.8) is 0 Å². The zero-order chi connectivity index (χ0) is 21.9. The van der Waals surface area contributed by atoms with E-state index in [9.17, 15) is 9.59 Å². The molecule has 0 N–H and O–H groups in total. The lowest BCUT2D eigenvalue weighted by atomic mass is 10.0. The number of hydrogen-bond acceptors (Lipinski definition) is 4. The number of carbonyl (C=O) groups excluding carboxylic acids is 2. The Morgan fingerprint density at radius 2 is 1.03 bits per heavy atom. The third-order valence-electron chi connectivity index (χ3n) is 6.18. The molecule has 0 aromatic heterocycles. The summed E-state index contributed by atoms with van der Waals surface area (Å²) in [5, 5.41) is 0. The van der Waals surface area contributed by atoms with E-state index in [1.165, 1.54) is 83.5 Å². The van der Waals surface area contributed by atoms with E-state index >= 15 is 0 Å². The van der Waals surface area contributed by atoms with Crippen LogP contribution in [0.3, 0.4) is 0 Å². The summed E-state index contributed by atoms with van der Waals surface area (Å²) in [5.41, 5.74) is 0. The average Bonchev–Trinajstić information content (AvgIpc) is 3.15. The standard InChI is InChI=1S/2C13H24O2/c1-2-3-4-5-6-7-9-12-10-8-11-13(14)15-12;1-2-3-4-5-6-7-8-9-12-10-11-13(14)15-12/h2*12H,2-11H2,1H3. The summed E-state index contributed by atoms with van der Waals surface area (Å²) < 4.78 is 10.4. The second-order valence-electron chi connectivity index (χ2n) is 9.12. The summed E-state index contributed by atoms with van der Waals surface area (Å²) in [7, 11) is 0. The van der Waals surface area contributed by atoms with Crippen molar-refractivity contribution in [3.8, 4) is 0 Å². The van der Waals surface area contributed by atoms with E-state index in [1.54, 1.807) is 0 Å². The molecule has 2 saturated heterocycles. The van der Waals surface area contributed by atoms with E-state index in [-0.39, 0.29) is 24.1 Å². The third kappa shape index (κ3) is 14.8. The molecule has 0 aromatic rings. The first-order valence-corrected chi connectivity index (χ1v) is 13.0. The topological polar surface area (TPSA) is 52.6 Å². The van der Waals surface area contributed by atoms with Gasteiger partial charge in [-0.05, 0) is 44.9 Å². The summed E-state index contributed by atoms with van der Waals surface area (Å²) in [4.78, 5) is 21.9. The first kappa shape index (κ1) is 27.0. The number of rotatable bonds is 15. The molecule has 30 heavy (non-hydrogen) atoms. The van der Waals surface area contributed by atoms with Gasteiger partial charge in [0.05, 0.1) is 0 Å². The second kappa shape index (κ2) is 18.7. The van der Waals surface area contributed by atoms with Crippen LogP contribution in [0.4, 0.5) is 0 Å². The van der Waals surface area contributed by atoms with Crippen LogP contribution in [0, 0.1) is 0 Å². The van der Waals surface area contributed by atoms with Gasteiger partial charge in [-0.15, -0.1) is 0 Å². The number of carbonyl (C=O) groups is 2. The molecule has 2 atom stereocenters. The number of hydrogen-bond donors (Lipinski definition) is 0. The number of unbranched alkanes of at least 4 members (excludes halogenated alkanes) is 11. The number of cyclic esters (lactones) is 2. The number of ether oxygens (including phenoxy) is 2. The van der Waals surface area contributed by atoms with Crippen molar-refractivity contribution in [3.05, 3.63) is 0 Å². The van der Waals surface area contributed by atoms with Gasteiger partial charge < -0.3 is 9.47 Å². The maximum atomic E-state index is 11.0. The van der Waals surface area contributed by atoms with Crippen molar-refractivity contribution < 1.29 is 19.1 Å². The highest BCUT2D eigenvalue weighted by Gasteiger charge is 2.22. The van der Waals surface area contributed by atoms with Gasteiger partial charge in [-0.2, -0.15) is 0 Å². The van der Waals surface area contributed by atoms with Crippen LogP contribution in [-0.2, 0) is 19.1 Å². The molecule has 0 spiro atoms. The van der Waals surface area contributed by atoms with Crippen molar-refractivity contribution in [2.45, 2.75) is 154 Å². The van der Waals surface area contributed by atoms with Crippen LogP contribution in [-0.4, -0.2) is 24.1 Å². The van der Waals surface area contributed by atoms with Crippen LogP contribution >= 0.6 is 0 Å². The monoisotopic (exact) mass is 424 g/mol. The lowest BCUT2D eigenvalue weighted by Gasteiger charge is -2.21. The van der Waals surface area contributed by atoms with Gasteiger partial charge in [0.15, 0.2) is 0 Å². The summed E-state index contributed by atoms with van der Waals surface area (Å²) >= 11 is 0. The minimum atomic E-state index is 0.00273. The van der Waals surface area contributed by atoms with E-state index in [4.69, 9.17) is 9.47 Å². The molecule has 0 saturated carbocycles. The molecule has 4 nitrogen and oxygen atoms in total. The molecule has 0 aliphatic carbocycles. The molecule has 0 bridgehead atoms. The highest BCUT2D eigenvalue weighted by molar-refractivity contribution is 5.71. The van der Waals surface area contributed by atoms with E-state index in [1.807, 2.05) is 0 Å². The van der Waals surface area contributed by atoms with Gasteiger partial charge in [-0.3, -0.25) is 9.59 Å². The fraction of sp³-hybridized carbons (Fsp3) is 0.923. The Morgan fingerprint density at radius 1 is 0.600 bits per heavy atom. The molecule has 176 valence electrons. The van der Waals surface area contributed by atoms with Gasteiger partial charge in [0.25, 0.3) is 0 Å². The van der Waals surface area contributed by atoms with E-state index < -0.39 is 0 Å². The van der Waals surface area contributed by atoms with E-state index in [0.717, 1.165) is 32.1 Å². The molecule has 2 unspecified atom stereocenters. The normalized spacial score (nSPS) is 21.0. The predicted molar refractivity (Wildman–Crippen MR) is 123 cm³/mol. The van der Waals surface area contributed by atoms with E-state index in [0.29, 0.717) is 12.8 Å². The largest absolute Gasteiger partial charge is 0.462 e. The fourth-order valence-corrected chi connectivity index (χ4v) is 4.25. The fourth-order valence-electron chi connectivity index (χ4n) is 4.25. The zero-order valence-corrected chi connectivity index (χ0v) is 19.9. The molecule has 2 rings (SSSR count). The lowest BCUT2D eigenvalue weighted by molar-refractivity contribution is -0.154. The first-order chi connectivity index (χ1) is 14.7. The summed E-state index contributed by atoms with van der Waals surface area (Å²) in [6.07, 6.45) is 24.2. The first-order valence-electron chi connectivity index (χ1n) is 13.0. The molecule has 2 aliphatic rings. The Morgan fingerprint density at radius 3 is 1.50 bits per heavy atom. The van der Waals surface area contributed by atoms with Crippen molar-refractivity contribution in [1.82, 2.24) is 0 Å². The van der Waals surface area contributed by atoms with Crippen LogP contribution < -0.4 is 0 Å². The van der Waals surface area contributed by atoms with Gasteiger partial charge in [0.1, 0.15) is 12.2 Å². The highest BCUT2D eigenvalue weighted by atomic mass is 16.6. The van der Waals surface area contributed by atoms with Gasteiger partial charge in [0, 0.05) is 12.8 Å². The Labute approximate surface area is 185 Å². The molecule has 2 heterocycles. The Hall–Kier alpha value is -1.06. The van der Waals surface area contributed by atoms with Gasteiger partial charge in [0.2, 0.25) is 0 Å². The van der Waals surface area contributed by atoms with Crippen LogP contribution in [0.1, 0.15) is 142 Å². The summed E-state index contributed by atoms with van der Waals surface area (Å²) in [5.74, 6) is 0.0141. The lowest BCUT2D eigenvalue weighted by Crippen LogP contribution is -2.23. The van der Waals surface area contributed by atoms with Crippen LogP contribution in [0.25, 0.3) is 0 Å². The predicted octanol–water partition coefficient (Wildman–Crippen LogP) is 7.67. The van der Waals surface area contributed by atoms with Crippen LogP contribution in [0.5, 0.6) is 0 Å². The smallest absolute Gasteiger partial charge is 0.306 e. The van der Waals surface area contributed by atoms with Crippen molar-refractivity contribution >= 4 is 11.9 Å². The molecule has 0 amide bonds. The Balaban J connectivity index is 0.000000300. The minimum Gasteiger partial charge on any atom is -0.462 e. The molecular formula is C26H48O4. The average molecular weight is 425 g/mol. The van der Waals surface area contributed by atoms with Crippen molar-refractivity contribution in [1.29, 1.82) is 0 Å². The maximum Gasteiger partial charge on any atom is 0.306 e. The van der Waals surface area contributed by atoms with Gasteiger partial charge in [-0.1, -0.05) is 84.5 Å². The van der Waals surface area contributed by atoms with Gasteiger partial charge in [-0.25, -0.2) is 0 Å². The maximum absolute atomic E-state index is 11.0. The van der Waals surface area contributed by atoms with Crippen molar-refractivity contribution in [2.75, 3.05) is 0 Å². The van der Waals surface area contributed by atoms with Gasteiger partial charge >= 0.3 is 11.9 Å². The zero-order valence-electron chi connectivity index (χ0n) is 19.9. The molecule has 4 heteroatoms. The summed E-state index contributed by atoms with van der Waals surface area (Å²) in [6.45, 7) is 4.48.